The standard InChI is InChI=1S/C29H42P.ClH/c1-5-9-23-30(24-10-6-2,25-11-7-3)29(8-4)28-21-19-27(20-22-28)18-17-26-15-13-12-14-16-26;/h8,12-22,29H,4-7,9-11,23-25H2,1-3H3;1H/q+1;/p-1. The lowest BCUT2D eigenvalue weighted by molar-refractivity contribution is -0.00000630. The third kappa shape index (κ3) is 8.59. The van der Waals surface area contributed by atoms with E-state index in [0.717, 1.165) is 0 Å². The highest BCUT2D eigenvalue weighted by molar-refractivity contribution is 7.76. The molecule has 0 amide bonds. The van der Waals surface area contributed by atoms with Gasteiger partial charge in [0, 0.05) is 7.26 Å². The van der Waals surface area contributed by atoms with Gasteiger partial charge >= 0.3 is 0 Å². The Balaban J connectivity index is 0.00000480. The first kappa shape index (κ1) is 27.7. The van der Waals surface area contributed by atoms with Gasteiger partial charge in [0.15, 0.2) is 0 Å². The van der Waals surface area contributed by atoms with E-state index in [1.807, 2.05) is 0 Å². The van der Waals surface area contributed by atoms with Crippen molar-refractivity contribution in [3.8, 4) is 0 Å². The van der Waals surface area contributed by atoms with Gasteiger partial charge < -0.3 is 12.4 Å². The van der Waals surface area contributed by atoms with Crippen molar-refractivity contribution in [3.63, 3.8) is 0 Å². The van der Waals surface area contributed by atoms with Crippen molar-refractivity contribution in [2.75, 3.05) is 18.5 Å². The van der Waals surface area contributed by atoms with E-state index in [4.69, 9.17) is 0 Å². The molecule has 2 heteroatoms. The molecule has 0 saturated carbocycles. The number of unbranched alkanes of at least 4 members (excludes halogenated alkanes) is 3. The minimum atomic E-state index is -1.09. The molecule has 0 aliphatic heterocycles. The van der Waals surface area contributed by atoms with Crippen LogP contribution in [-0.4, -0.2) is 18.5 Å². The highest BCUT2D eigenvalue weighted by Gasteiger charge is 2.43. The smallest absolute Gasteiger partial charge is 0.112 e. The van der Waals surface area contributed by atoms with Crippen molar-refractivity contribution in [2.24, 2.45) is 0 Å². The van der Waals surface area contributed by atoms with E-state index in [-0.39, 0.29) is 12.4 Å². The number of hydrogen-bond acceptors (Lipinski definition) is 0. The second-order valence-corrected chi connectivity index (χ2v) is 12.9. The molecule has 0 saturated heterocycles. The molecule has 1 atom stereocenters. The number of hydrogen-bond donors (Lipinski definition) is 0. The number of benzene rings is 2. The Morgan fingerprint density at radius 1 is 0.710 bits per heavy atom. The van der Waals surface area contributed by atoms with Crippen molar-refractivity contribution >= 4 is 19.4 Å². The lowest BCUT2D eigenvalue weighted by atomic mass is 10.1. The van der Waals surface area contributed by atoms with E-state index < -0.39 is 7.26 Å². The Morgan fingerprint density at radius 2 is 1.16 bits per heavy atom. The van der Waals surface area contributed by atoms with Gasteiger partial charge in [-0.25, -0.2) is 0 Å². The minimum absolute atomic E-state index is 0. The monoisotopic (exact) mass is 456 g/mol. The van der Waals surface area contributed by atoms with Crippen LogP contribution < -0.4 is 12.4 Å². The van der Waals surface area contributed by atoms with Gasteiger partial charge in [0.05, 0.1) is 18.5 Å². The summed E-state index contributed by atoms with van der Waals surface area (Å²) in [6, 6.07) is 19.9. The van der Waals surface area contributed by atoms with Gasteiger partial charge in [0.25, 0.3) is 0 Å². The Kier molecular flexibility index (Phi) is 13.8. The van der Waals surface area contributed by atoms with Gasteiger partial charge in [-0.3, -0.25) is 0 Å². The van der Waals surface area contributed by atoms with Crippen LogP contribution in [0.25, 0.3) is 12.2 Å². The van der Waals surface area contributed by atoms with E-state index in [2.05, 4.69) is 100 Å². The Hall–Kier alpha value is -1.36. The van der Waals surface area contributed by atoms with Crippen molar-refractivity contribution < 1.29 is 12.4 Å². The molecule has 2 rings (SSSR count). The zero-order valence-electron chi connectivity index (χ0n) is 19.9. The van der Waals surface area contributed by atoms with Crippen molar-refractivity contribution in [2.45, 2.75) is 65.0 Å². The number of allylic oxidation sites excluding steroid dienone is 1. The third-order valence-electron chi connectivity index (χ3n) is 6.23. The molecule has 31 heavy (non-hydrogen) atoms. The third-order valence-corrected chi connectivity index (χ3v) is 11.5. The van der Waals surface area contributed by atoms with Gasteiger partial charge in [0.1, 0.15) is 5.66 Å². The van der Waals surface area contributed by atoms with E-state index in [1.54, 1.807) is 0 Å². The molecule has 0 aliphatic rings. The largest absolute Gasteiger partial charge is 1.00 e. The molecule has 0 bridgehead atoms. The maximum absolute atomic E-state index is 4.34. The van der Waals surface area contributed by atoms with Gasteiger partial charge in [0.2, 0.25) is 0 Å². The zero-order chi connectivity index (χ0) is 21.7. The van der Waals surface area contributed by atoms with Gasteiger partial charge in [-0.05, 0) is 42.0 Å². The molecule has 0 spiro atoms. The number of rotatable bonds is 14. The van der Waals surface area contributed by atoms with Crippen molar-refractivity contribution in [1.29, 1.82) is 0 Å². The lowest BCUT2D eigenvalue weighted by Crippen LogP contribution is -3.00. The summed E-state index contributed by atoms with van der Waals surface area (Å²) in [4.78, 5) is 0. The molecule has 0 N–H and O–H groups in total. The second-order valence-electron chi connectivity index (χ2n) is 8.54. The predicted molar refractivity (Wildman–Crippen MR) is 141 cm³/mol. The van der Waals surface area contributed by atoms with Crippen LogP contribution in [0, 0.1) is 0 Å². The average molecular weight is 457 g/mol. The molecule has 0 radical (unpaired) electrons. The summed E-state index contributed by atoms with van der Waals surface area (Å²) in [5.41, 5.74) is 4.55. The first-order valence-corrected chi connectivity index (χ1v) is 14.4. The van der Waals surface area contributed by atoms with Gasteiger partial charge in [-0.2, -0.15) is 0 Å². The average Bonchev–Trinajstić information content (AvgIpc) is 2.80. The normalized spacial score (nSPS) is 12.5. The predicted octanol–water partition coefficient (Wildman–Crippen LogP) is 6.51. The lowest BCUT2D eigenvalue weighted by Gasteiger charge is -2.34. The first-order chi connectivity index (χ1) is 14.7. The minimum Gasteiger partial charge on any atom is -1.00 e. The van der Waals surface area contributed by atoms with Crippen LogP contribution in [0.1, 0.15) is 81.6 Å². The van der Waals surface area contributed by atoms with E-state index in [0.29, 0.717) is 5.66 Å². The fourth-order valence-electron chi connectivity index (χ4n) is 4.41. The molecule has 1 unspecified atom stereocenters. The van der Waals surface area contributed by atoms with Crippen molar-refractivity contribution in [1.82, 2.24) is 0 Å². The number of halogens is 1. The van der Waals surface area contributed by atoms with Crippen LogP contribution in [-0.2, 0) is 0 Å². The summed E-state index contributed by atoms with van der Waals surface area (Å²) < 4.78 is 0. The Morgan fingerprint density at radius 3 is 1.58 bits per heavy atom. The zero-order valence-corrected chi connectivity index (χ0v) is 21.6. The molecular formula is C29H42ClP. The van der Waals surface area contributed by atoms with Gasteiger partial charge in [-0.15, -0.1) is 0 Å². The summed E-state index contributed by atoms with van der Waals surface area (Å²) >= 11 is 0. The molecule has 0 fully saturated rings. The Labute approximate surface area is 199 Å². The molecule has 2 aromatic carbocycles. The molecular weight excluding hydrogens is 415 g/mol. The molecule has 0 heterocycles. The molecule has 170 valence electrons. The molecule has 0 nitrogen and oxygen atoms in total. The maximum Gasteiger partial charge on any atom is 0.112 e. The van der Waals surface area contributed by atoms with Crippen LogP contribution >= 0.6 is 7.26 Å². The van der Waals surface area contributed by atoms with Crippen LogP contribution in [0.5, 0.6) is 0 Å². The summed E-state index contributed by atoms with van der Waals surface area (Å²) in [5.74, 6) is 0. The Bertz CT molecular complexity index is 726. The van der Waals surface area contributed by atoms with Crippen LogP contribution in [0.2, 0.25) is 0 Å². The van der Waals surface area contributed by atoms with Crippen LogP contribution in [0.4, 0.5) is 0 Å². The van der Waals surface area contributed by atoms with E-state index >= 15 is 0 Å². The SMILES string of the molecule is C=CC(c1ccc(C=Cc2ccccc2)cc1)[P+](CCCC)(CCCC)CCCC.[Cl-]. The van der Waals surface area contributed by atoms with Crippen LogP contribution in [0.15, 0.2) is 67.3 Å². The molecule has 2 aromatic rings. The summed E-state index contributed by atoms with van der Waals surface area (Å²) in [6.07, 6.45) is 19.0. The first-order valence-electron chi connectivity index (χ1n) is 12.0. The molecule has 0 aromatic heterocycles. The van der Waals surface area contributed by atoms with Gasteiger partial charge in [-0.1, -0.05) is 113 Å². The summed E-state index contributed by atoms with van der Waals surface area (Å²) in [7, 11) is -1.09. The van der Waals surface area contributed by atoms with Crippen molar-refractivity contribution in [3.05, 3.63) is 83.9 Å². The summed E-state index contributed by atoms with van der Waals surface area (Å²) in [6.45, 7) is 11.4. The van der Waals surface area contributed by atoms with E-state index in [9.17, 15) is 0 Å². The fraction of sp³-hybridized carbons (Fsp3) is 0.448. The summed E-state index contributed by atoms with van der Waals surface area (Å²) in [5, 5.41) is 0. The van der Waals surface area contributed by atoms with Crippen LogP contribution in [0.3, 0.4) is 0 Å². The highest BCUT2D eigenvalue weighted by atomic mass is 35.5. The second kappa shape index (κ2) is 15.4. The maximum atomic E-state index is 4.34. The fourth-order valence-corrected chi connectivity index (χ4v) is 10.0. The quantitative estimate of drug-likeness (QED) is 0.173. The van der Waals surface area contributed by atoms with E-state index in [1.165, 1.54) is 73.7 Å². The highest BCUT2D eigenvalue weighted by Crippen LogP contribution is 2.71. The topological polar surface area (TPSA) is 0 Å². The molecule has 0 aliphatic carbocycles.